The maximum Gasteiger partial charge on any atom is 0.355 e. The second-order valence-corrected chi connectivity index (χ2v) is 3.08. The molecule has 0 bridgehead atoms. The summed E-state index contributed by atoms with van der Waals surface area (Å²) in [6, 6.07) is 0. The van der Waals surface area contributed by atoms with Crippen molar-refractivity contribution < 1.29 is 9.90 Å². The zero-order valence-corrected chi connectivity index (χ0v) is 8.14. The Bertz CT molecular complexity index is 525. The van der Waals surface area contributed by atoms with Crippen LogP contribution >= 0.6 is 0 Å². The Morgan fingerprint density at radius 2 is 2.20 bits per heavy atom. The molecule has 5 nitrogen and oxygen atoms in total. The summed E-state index contributed by atoms with van der Waals surface area (Å²) in [5.41, 5.74) is 1.60. The van der Waals surface area contributed by atoms with E-state index < -0.39 is 5.97 Å². The molecule has 2 heterocycles. The van der Waals surface area contributed by atoms with E-state index >= 15 is 0 Å². The highest BCUT2D eigenvalue weighted by Crippen LogP contribution is 2.17. The van der Waals surface area contributed by atoms with Gasteiger partial charge in [-0.3, -0.25) is 0 Å². The molecule has 0 amide bonds. The van der Waals surface area contributed by atoms with Crippen molar-refractivity contribution in [3.8, 4) is 0 Å². The summed E-state index contributed by atoms with van der Waals surface area (Å²) in [7, 11) is 0. The highest BCUT2D eigenvalue weighted by molar-refractivity contribution is 6.00. The van der Waals surface area contributed by atoms with Crippen molar-refractivity contribution in [3.05, 3.63) is 30.0 Å². The number of carboxylic acid groups (broad SMARTS) is 1. The smallest absolute Gasteiger partial charge is 0.355 e. The van der Waals surface area contributed by atoms with Crippen LogP contribution in [0.4, 0.5) is 0 Å². The van der Waals surface area contributed by atoms with E-state index in [1.54, 1.807) is 6.20 Å². The van der Waals surface area contributed by atoms with Gasteiger partial charge in [-0.25, -0.2) is 19.7 Å². The Balaban J connectivity index is 2.83. The zero-order valence-electron chi connectivity index (χ0n) is 8.14. The largest absolute Gasteiger partial charge is 0.476 e. The van der Waals surface area contributed by atoms with Gasteiger partial charge in [0.25, 0.3) is 0 Å². The van der Waals surface area contributed by atoms with Gasteiger partial charge in [0.05, 0.1) is 10.9 Å². The first-order valence-electron chi connectivity index (χ1n) is 4.55. The molecule has 0 aliphatic rings. The molecule has 0 aromatic carbocycles. The van der Waals surface area contributed by atoms with Crippen molar-refractivity contribution in [1.29, 1.82) is 0 Å². The molecule has 0 spiro atoms. The standard InChI is InChI=1S/C10H9N3O2/c1-2-6-3-12-9(10(14)15)7-4-11-5-13-8(6)7/h3-5H,2H2,1H3,(H,14,15). The van der Waals surface area contributed by atoms with E-state index in [0.29, 0.717) is 10.9 Å². The van der Waals surface area contributed by atoms with Gasteiger partial charge in [-0.15, -0.1) is 0 Å². The first kappa shape index (κ1) is 9.51. The summed E-state index contributed by atoms with van der Waals surface area (Å²) in [5.74, 6) is -1.06. The third-order valence-electron chi connectivity index (χ3n) is 2.20. The molecule has 76 valence electrons. The van der Waals surface area contributed by atoms with Gasteiger partial charge in [0, 0.05) is 12.4 Å². The molecule has 0 unspecified atom stereocenters. The fraction of sp³-hybridized carbons (Fsp3) is 0.200. The Kier molecular flexibility index (Phi) is 2.29. The number of carbonyl (C=O) groups is 1. The highest BCUT2D eigenvalue weighted by Gasteiger charge is 2.12. The number of pyridine rings is 1. The molecule has 1 N–H and O–H groups in total. The molecule has 2 aromatic rings. The topological polar surface area (TPSA) is 76.0 Å². The van der Waals surface area contributed by atoms with E-state index in [0.717, 1.165) is 12.0 Å². The number of carboxylic acids is 1. The first-order chi connectivity index (χ1) is 7.24. The Hall–Kier alpha value is -2.04. The van der Waals surface area contributed by atoms with E-state index in [2.05, 4.69) is 15.0 Å². The van der Waals surface area contributed by atoms with Crippen LogP contribution in [0.2, 0.25) is 0 Å². The summed E-state index contributed by atoms with van der Waals surface area (Å²) >= 11 is 0. The molecular formula is C10H9N3O2. The quantitative estimate of drug-likeness (QED) is 0.795. The average Bonchev–Trinajstić information content (AvgIpc) is 2.27. The normalized spacial score (nSPS) is 10.5. The fourth-order valence-corrected chi connectivity index (χ4v) is 1.46. The molecule has 0 radical (unpaired) electrons. The van der Waals surface area contributed by atoms with Gasteiger partial charge in [-0.1, -0.05) is 6.92 Å². The van der Waals surface area contributed by atoms with Gasteiger partial charge in [0.2, 0.25) is 0 Å². The second-order valence-electron chi connectivity index (χ2n) is 3.08. The first-order valence-corrected chi connectivity index (χ1v) is 4.55. The predicted octanol–water partition coefficient (Wildman–Crippen LogP) is 1.29. The molecule has 5 heteroatoms. The van der Waals surface area contributed by atoms with Crippen LogP contribution in [0, 0.1) is 0 Å². The molecular weight excluding hydrogens is 194 g/mol. The summed E-state index contributed by atoms with van der Waals surface area (Å²) in [4.78, 5) is 22.7. The SMILES string of the molecule is CCc1cnc(C(=O)O)c2cncnc12. The van der Waals surface area contributed by atoms with Crippen molar-refractivity contribution in [2.24, 2.45) is 0 Å². The van der Waals surface area contributed by atoms with Crippen LogP contribution in [0.1, 0.15) is 23.0 Å². The third kappa shape index (κ3) is 1.52. The van der Waals surface area contributed by atoms with Gasteiger partial charge in [-0.2, -0.15) is 0 Å². The van der Waals surface area contributed by atoms with Crippen molar-refractivity contribution in [1.82, 2.24) is 15.0 Å². The molecule has 0 aliphatic carbocycles. The molecule has 0 aliphatic heterocycles. The van der Waals surface area contributed by atoms with Crippen molar-refractivity contribution in [2.45, 2.75) is 13.3 Å². The van der Waals surface area contributed by atoms with Crippen LogP contribution in [0.25, 0.3) is 10.9 Å². The van der Waals surface area contributed by atoms with Crippen LogP contribution in [0.15, 0.2) is 18.7 Å². The average molecular weight is 203 g/mol. The van der Waals surface area contributed by atoms with Crippen LogP contribution in [0.3, 0.4) is 0 Å². The Morgan fingerprint density at radius 3 is 2.87 bits per heavy atom. The van der Waals surface area contributed by atoms with Crippen LogP contribution < -0.4 is 0 Å². The third-order valence-corrected chi connectivity index (χ3v) is 2.20. The second kappa shape index (κ2) is 3.61. The lowest BCUT2D eigenvalue weighted by atomic mass is 10.1. The molecule has 0 atom stereocenters. The van der Waals surface area contributed by atoms with Crippen LogP contribution in [-0.2, 0) is 6.42 Å². The number of rotatable bonds is 2. The molecule has 0 fully saturated rings. The maximum absolute atomic E-state index is 10.9. The lowest BCUT2D eigenvalue weighted by molar-refractivity contribution is 0.0693. The summed E-state index contributed by atoms with van der Waals surface area (Å²) < 4.78 is 0. The predicted molar refractivity (Wildman–Crippen MR) is 53.7 cm³/mol. The van der Waals surface area contributed by atoms with Crippen molar-refractivity contribution in [3.63, 3.8) is 0 Å². The molecule has 0 saturated carbocycles. The van der Waals surface area contributed by atoms with E-state index in [1.165, 1.54) is 12.5 Å². The van der Waals surface area contributed by atoms with Gasteiger partial charge in [0.1, 0.15) is 6.33 Å². The van der Waals surface area contributed by atoms with Crippen molar-refractivity contribution in [2.75, 3.05) is 0 Å². The van der Waals surface area contributed by atoms with Gasteiger partial charge in [0.15, 0.2) is 5.69 Å². The van der Waals surface area contributed by atoms with Gasteiger partial charge in [-0.05, 0) is 12.0 Å². The van der Waals surface area contributed by atoms with E-state index in [4.69, 9.17) is 5.11 Å². The van der Waals surface area contributed by atoms with Crippen LogP contribution in [0.5, 0.6) is 0 Å². The van der Waals surface area contributed by atoms with E-state index in [-0.39, 0.29) is 5.69 Å². The highest BCUT2D eigenvalue weighted by atomic mass is 16.4. The lowest BCUT2D eigenvalue weighted by Crippen LogP contribution is -2.04. The minimum absolute atomic E-state index is 0.00259. The minimum Gasteiger partial charge on any atom is -0.476 e. The lowest BCUT2D eigenvalue weighted by Gasteiger charge is -2.04. The van der Waals surface area contributed by atoms with Crippen LogP contribution in [-0.4, -0.2) is 26.0 Å². The summed E-state index contributed by atoms with van der Waals surface area (Å²) in [5, 5.41) is 9.42. The van der Waals surface area contributed by atoms with Gasteiger partial charge < -0.3 is 5.11 Å². The number of aromatic nitrogens is 3. The number of aryl methyl sites for hydroxylation is 1. The molecule has 15 heavy (non-hydrogen) atoms. The number of hydrogen-bond acceptors (Lipinski definition) is 4. The monoisotopic (exact) mass is 203 g/mol. The molecule has 0 saturated heterocycles. The Morgan fingerprint density at radius 1 is 1.40 bits per heavy atom. The number of aromatic carboxylic acids is 1. The maximum atomic E-state index is 10.9. The van der Waals surface area contributed by atoms with Gasteiger partial charge >= 0.3 is 5.97 Å². The number of nitrogens with zero attached hydrogens (tertiary/aromatic N) is 3. The number of hydrogen-bond donors (Lipinski definition) is 1. The molecule has 2 rings (SSSR count). The number of fused-ring (bicyclic) bond motifs is 1. The van der Waals surface area contributed by atoms with E-state index in [1.807, 2.05) is 6.92 Å². The molecule has 2 aromatic heterocycles. The zero-order chi connectivity index (χ0) is 10.8. The van der Waals surface area contributed by atoms with E-state index in [9.17, 15) is 4.79 Å². The minimum atomic E-state index is -1.06. The summed E-state index contributed by atoms with van der Waals surface area (Å²) in [6.45, 7) is 1.97. The van der Waals surface area contributed by atoms with Crippen molar-refractivity contribution >= 4 is 16.9 Å². The fourth-order valence-electron chi connectivity index (χ4n) is 1.46. The Labute approximate surface area is 85.8 Å². The summed E-state index contributed by atoms with van der Waals surface area (Å²) in [6.07, 6.45) is 5.21.